The van der Waals surface area contributed by atoms with Gasteiger partial charge in [-0.05, 0) is 50.2 Å². The van der Waals surface area contributed by atoms with E-state index in [0.717, 1.165) is 11.3 Å². The number of amides is 2. The molecule has 0 saturated carbocycles. The van der Waals surface area contributed by atoms with E-state index < -0.39 is 29.7 Å². The number of ether oxygens (including phenoxy) is 1. The molecular formula is C21H21FN2O4. The minimum Gasteiger partial charge on any atom is -0.452 e. The van der Waals surface area contributed by atoms with Crippen LogP contribution in [0.25, 0.3) is 0 Å². The third-order valence-corrected chi connectivity index (χ3v) is 4.58. The highest BCUT2D eigenvalue weighted by molar-refractivity contribution is 6.00. The molecular weight excluding hydrogens is 363 g/mol. The molecule has 0 radical (unpaired) electrons. The second-order valence-electron chi connectivity index (χ2n) is 6.82. The van der Waals surface area contributed by atoms with E-state index in [2.05, 4.69) is 5.32 Å². The van der Waals surface area contributed by atoms with Gasteiger partial charge in [0.2, 0.25) is 5.91 Å². The second-order valence-corrected chi connectivity index (χ2v) is 6.82. The molecule has 1 aliphatic rings. The van der Waals surface area contributed by atoms with Crippen molar-refractivity contribution in [2.24, 2.45) is 5.92 Å². The molecule has 0 unspecified atom stereocenters. The van der Waals surface area contributed by atoms with Crippen LogP contribution in [0, 0.1) is 18.7 Å². The zero-order chi connectivity index (χ0) is 20.3. The number of carbonyl (C=O) groups excluding carboxylic acids is 3. The first-order valence-corrected chi connectivity index (χ1v) is 8.97. The molecule has 0 aromatic heterocycles. The van der Waals surface area contributed by atoms with Crippen LogP contribution in [0.3, 0.4) is 0 Å². The van der Waals surface area contributed by atoms with Crippen molar-refractivity contribution in [1.29, 1.82) is 0 Å². The third kappa shape index (κ3) is 4.54. The van der Waals surface area contributed by atoms with Crippen molar-refractivity contribution in [3.8, 4) is 0 Å². The Kier molecular flexibility index (Phi) is 5.73. The van der Waals surface area contributed by atoms with Gasteiger partial charge in [-0.3, -0.25) is 14.4 Å². The average Bonchev–Trinajstić information content (AvgIpc) is 3.06. The van der Waals surface area contributed by atoms with Gasteiger partial charge in [-0.2, -0.15) is 0 Å². The van der Waals surface area contributed by atoms with Gasteiger partial charge >= 0.3 is 5.97 Å². The number of rotatable bonds is 5. The van der Waals surface area contributed by atoms with Crippen LogP contribution in [0.15, 0.2) is 48.5 Å². The highest BCUT2D eigenvalue weighted by atomic mass is 19.1. The van der Waals surface area contributed by atoms with Gasteiger partial charge < -0.3 is 15.0 Å². The van der Waals surface area contributed by atoms with Crippen LogP contribution < -0.4 is 10.2 Å². The van der Waals surface area contributed by atoms with E-state index in [9.17, 15) is 18.8 Å². The monoisotopic (exact) mass is 384 g/mol. The summed E-state index contributed by atoms with van der Waals surface area (Å²) in [5, 5.41) is 2.55. The molecule has 146 valence electrons. The quantitative estimate of drug-likeness (QED) is 0.804. The molecule has 2 aromatic carbocycles. The molecule has 0 spiro atoms. The number of benzene rings is 2. The Morgan fingerprint density at radius 2 is 1.79 bits per heavy atom. The highest BCUT2D eigenvalue weighted by Crippen LogP contribution is 2.26. The molecule has 3 rings (SSSR count). The number of carbonyl (C=O) groups is 3. The molecule has 1 saturated heterocycles. The fraction of sp³-hybridized carbons (Fsp3) is 0.286. The van der Waals surface area contributed by atoms with E-state index >= 15 is 0 Å². The molecule has 1 fully saturated rings. The minimum atomic E-state index is -1.04. The van der Waals surface area contributed by atoms with Gasteiger partial charge in [-0.25, -0.2) is 4.39 Å². The standard InChI is InChI=1S/C21H21FN2O4/c1-13-3-9-18(10-4-13)24-12-15(11-19(24)25)21(27)28-14(2)20(26)23-17-7-5-16(22)6-8-17/h3-10,14-15H,11-12H2,1-2H3,(H,23,26)/t14-,15+/m1/s1. The summed E-state index contributed by atoms with van der Waals surface area (Å²) in [6.07, 6.45) is -1.000. The van der Waals surface area contributed by atoms with Crippen molar-refractivity contribution in [1.82, 2.24) is 0 Å². The van der Waals surface area contributed by atoms with Gasteiger partial charge in [0.05, 0.1) is 5.92 Å². The maximum absolute atomic E-state index is 12.9. The zero-order valence-electron chi connectivity index (χ0n) is 15.6. The highest BCUT2D eigenvalue weighted by Gasteiger charge is 2.37. The summed E-state index contributed by atoms with van der Waals surface area (Å²) in [7, 11) is 0. The van der Waals surface area contributed by atoms with Crippen LogP contribution in [-0.2, 0) is 19.1 Å². The Hall–Kier alpha value is -3.22. The summed E-state index contributed by atoms with van der Waals surface area (Å²) in [6.45, 7) is 3.62. The normalized spacial score (nSPS) is 17.3. The summed E-state index contributed by atoms with van der Waals surface area (Å²) < 4.78 is 18.2. The SMILES string of the molecule is Cc1ccc(N2C[C@@H](C(=O)O[C@H](C)C(=O)Nc3ccc(F)cc3)CC2=O)cc1. The molecule has 0 aliphatic carbocycles. The molecule has 28 heavy (non-hydrogen) atoms. The smallest absolute Gasteiger partial charge is 0.312 e. The van der Waals surface area contributed by atoms with Crippen LogP contribution in [0.5, 0.6) is 0 Å². The fourth-order valence-electron chi connectivity index (χ4n) is 2.94. The molecule has 1 aliphatic heterocycles. The van der Waals surface area contributed by atoms with Crippen molar-refractivity contribution in [3.63, 3.8) is 0 Å². The Bertz CT molecular complexity index is 880. The van der Waals surface area contributed by atoms with Crippen molar-refractivity contribution < 1.29 is 23.5 Å². The number of aryl methyl sites for hydroxylation is 1. The number of hydrogen-bond acceptors (Lipinski definition) is 4. The van der Waals surface area contributed by atoms with Crippen LogP contribution >= 0.6 is 0 Å². The van der Waals surface area contributed by atoms with Gasteiger partial charge in [0.25, 0.3) is 5.91 Å². The van der Waals surface area contributed by atoms with E-state index in [1.807, 2.05) is 31.2 Å². The van der Waals surface area contributed by atoms with Crippen LogP contribution in [0.1, 0.15) is 18.9 Å². The Morgan fingerprint density at radius 1 is 1.14 bits per heavy atom. The van der Waals surface area contributed by atoms with Crippen LogP contribution in [0.4, 0.5) is 15.8 Å². The number of hydrogen-bond donors (Lipinski definition) is 1. The number of nitrogens with one attached hydrogen (secondary N) is 1. The van der Waals surface area contributed by atoms with Gasteiger partial charge in [-0.15, -0.1) is 0 Å². The largest absolute Gasteiger partial charge is 0.452 e. The van der Waals surface area contributed by atoms with E-state index in [1.165, 1.54) is 31.2 Å². The lowest BCUT2D eigenvalue weighted by atomic mass is 10.1. The van der Waals surface area contributed by atoms with Crippen molar-refractivity contribution in [2.75, 3.05) is 16.8 Å². The average molecular weight is 384 g/mol. The summed E-state index contributed by atoms with van der Waals surface area (Å²) in [4.78, 5) is 38.4. The van der Waals surface area contributed by atoms with E-state index in [0.29, 0.717) is 5.69 Å². The predicted molar refractivity (Wildman–Crippen MR) is 102 cm³/mol. The van der Waals surface area contributed by atoms with Crippen LogP contribution in [0.2, 0.25) is 0 Å². The first kappa shape index (κ1) is 19.5. The Labute approximate surface area is 162 Å². The van der Waals surface area contributed by atoms with Gasteiger partial charge in [0.15, 0.2) is 6.10 Å². The van der Waals surface area contributed by atoms with Crippen molar-refractivity contribution in [3.05, 3.63) is 59.9 Å². The molecule has 2 aromatic rings. The summed E-state index contributed by atoms with van der Waals surface area (Å²) in [6, 6.07) is 12.7. The summed E-state index contributed by atoms with van der Waals surface area (Å²) in [5.74, 6) is -2.32. The zero-order valence-corrected chi connectivity index (χ0v) is 15.6. The Balaban J connectivity index is 1.56. The molecule has 2 atom stereocenters. The molecule has 1 N–H and O–H groups in total. The van der Waals surface area contributed by atoms with E-state index in [-0.39, 0.29) is 18.9 Å². The maximum Gasteiger partial charge on any atom is 0.312 e. The van der Waals surface area contributed by atoms with Crippen LogP contribution in [-0.4, -0.2) is 30.4 Å². The van der Waals surface area contributed by atoms with Crippen molar-refractivity contribution >= 4 is 29.2 Å². The molecule has 2 amide bonds. The summed E-state index contributed by atoms with van der Waals surface area (Å²) >= 11 is 0. The molecule has 0 bridgehead atoms. The maximum atomic E-state index is 12.9. The first-order valence-electron chi connectivity index (χ1n) is 8.97. The molecule has 6 nitrogen and oxygen atoms in total. The van der Waals surface area contributed by atoms with E-state index in [4.69, 9.17) is 4.74 Å². The minimum absolute atomic E-state index is 0.0407. The lowest BCUT2D eigenvalue weighted by Crippen LogP contribution is -2.33. The number of anilines is 2. The second kappa shape index (κ2) is 8.21. The Morgan fingerprint density at radius 3 is 2.43 bits per heavy atom. The topological polar surface area (TPSA) is 75.7 Å². The predicted octanol–water partition coefficient (Wildman–Crippen LogP) is 3.06. The molecule has 1 heterocycles. The lowest BCUT2D eigenvalue weighted by Gasteiger charge is -2.18. The van der Waals surface area contributed by atoms with Crippen molar-refractivity contribution in [2.45, 2.75) is 26.4 Å². The van der Waals surface area contributed by atoms with Gasteiger partial charge in [-0.1, -0.05) is 17.7 Å². The number of nitrogens with zero attached hydrogens (tertiary/aromatic N) is 1. The van der Waals surface area contributed by atoms with Gasteiger partial charge in [0, 0.05) is 24.3 Å². The molecule has 7 heteroatoms. The van der Waals surface area contributed by atoms with Gasteiger partial charge in [0.1, 0.15) is 5.82 Å². The number of esters is 1. The van der Waals surface area contributed by atoms with E-state index in [1.54, 1.807) is 4.90 Å². The number of halogens is 1. The third-order valence-electron chi connectivity index (χ3n) is 4.58. The fourth-order valence-corrected chi connectivity index (χ4v) is 2.94. The lowest BCUT2D eigenvalue weighted by molar-refractivity contribution is -0.157. The summed E-state index contributed by atoms with van der Waals surface area (Å²) in [5.41, 5.74) is 2.20. The first-order chi connectivity index (χ1) is 13.3.